The number of hydrogen-bond donors (Lipinski definition) is 1. The van der Waals surface area contributed by atoms with Crippen LogP contribution in [-0.4, -0.2) is 29.1 Å². The Morgan fingerprint density at radius 2 is 2.19 bits per heavy atom. The summed E-state index contributed by atoms with van der Waals surface area (Å²) in [5, 5.41) is 9.87. The number of likely N-dealkylation sites (tertiary alicyclic amines) is 1. The van der Waals surface area contributed by atoms with E-state index in [1.54, 1.807) is 0 Å². The quantitative estimate of drug-likeness (QED) is 0.834. The van der Waals surface area contributed by atoms with Crippen molar-refractivity contribution >= 4 is 0 Å². The maximum Gasteiger partial charge on any atom is 0.115 e. The summed E-state index contributed by atoms with van der Waals surface area (Å²) in [5.41, 5.74) is 4.42. The summed E-state index contributed by atoms with van der Waals surface area (Å²) < 4.78 is 0. The van der Waals surface area contributed by atoms with Crippen LogP contribution >= 0.6 is 0 Å². The highest BCUT2D eigenvalue weighted by Crippen LogP contribution is 2.49. The monoisotopic (exact) mass is 285 g/mol. The third-order valence-corrected chi connectivity index (χ3v) is 5.84. The zero-order valence-electron chi connectivity index (χ0n) is 13.7. The van der Waals surface area contributed by atoms with Crippen molar-refractivity contribution in [1.82, 2.24) is 4.90 Å². The van der Waals surface area contributed by atoms with Crippen LogP contribution in [0.1, 0.15) is 45.2 Å². The number of aromatic hydroxyl groups is 1. The van der Waals surface area contributed by atoms with Gasteiger partial charge in [0, 0.05) is 12.6 Å². The smallest absolute Gasteiger partial charge is 0.115 e. The van der Waals surface area contributed by atoms with Gasteiger partial charge in [-0.1, -0.05) is 31.6 Å². The van der Waals surface area contributed by atoms with Gasteiger partial charge >= 0.3 is 0 Å². The van der Waals surface area contributed by atoms with Gasteiger partial charge < -0.3 is 5.11 Å². The number of phenols is 1. The topological polar surface area (TPSA) is 23.5 Å². The van der Waals surface area contributed by atoms with E-state index in [9.17, 15) is 5.11 Å². The Labute approximate surface area is 128 Å². The first-order valence-corrected chi connectivity index (χ1v) is 8.11. The van der Waals surface area contributed by atoms with Crippen molar-refractivity contribution in [1.29, 1.82) is 0 Å². The lowest BCUT2D eigenvalue weighted by atomic mass is 9.59. The second kappa shape index (κ2) is 5.17. The highest BCUT2D eigenvalue weighted by molar-refractivity contribution is 5.44. The first-order chi connectivity index (χ1) is 9.91. The second-order valence-electron chi connectivity index (χ2n) is 7.35. The number of piperidine rings is 1. The van der Waals surface area contributed by atoms with Crippen LogP contribution in [0.2, 0.25) is 0 Å². The van der Waals surface area contributed by atoms with E-state index in [1.165, 1.54) is 23.1 Å². The summed E-state index contributed by atoms with van der Waals surface area (Å²) in [7, 11) is 0. The predicted octanol–water partition coefficient (Wildman–Crippen LogP) is 3.88. The summed E-state index contributed by atoms with van der Waals surface area (Å²) in [5.74, 6) is 1.04. The molecule has 2 nitrogen and oxygen atoms in total. The Hall–Kier alpha value is -1.28. The van der Waals surface area contributed by atoms with Crippen LogP contribution < -0.4 is 0 Å². The second-order valence-corrected chi connectivity index (χ2v) is 7.35. The molecule has 1 saturated heterocycles. The molecule has 2 bridgehead atoms. The van der Waals surface area contributed by atoms with Gasteiger partial charge in [0.1, 0.15) is 5.75 Å². The van der Waals surface area contributed by atoms with E-state index in [1.807, 2.05) is 12.1 Å². The van der Waals surface area contributed by atoms with Crippen LogP contribution in [0.4, 0.5) is 0 Å². The summed E-state index contributed by atoms with van der Waals surface area (Å²) in [6, 6.07) is 6.60. The zero-order valence-corrected chi connectivity index (χ0v) is 13.7. The molecule has 3 rings (SSSR count). The van der Waals surface area contributed by atoms with Crippen molar-refractivity contribution < 1.29 is 5.11 Å². The van der Waals surface area contributed by atoms with E-state index >= 15 is 0 Å². The molecule has 1 aromatic rings. The van der Waals surface area contributed by atoms with Crippen molar-refractivity contribution in [3.63, 3.8) is 0 Å². The van der Waals surface area contributed by atoms with E-state index in [4.69, 9.17) is 0 Å². The molecule has 21 heavy (non-hydrogen) atoms. The van der Waals surface area contributed by atoms with Gasteiger partial charge in [0.25, 0.3) is 0 Å². The average molecular weight is 285 g/mol. The Kier molecular flexibility index (Phi) is 3.61. The van der Waals surface area contributed by atoms with Crippen LogP contribution in [0.25, 0.3) is 0 Å². The third kappa shape index (κ3) is 2.40. The fourth-order valence-electron chi connectivity index (χ4n) is 4.22. The number of hydrogen-bond acceptors (Lipinski definition) is 2. The lowest BCUT2D eigenvalue weighted by molar-refractivity contribution is 0.0397. The Bertz CT molecular complexity index is 573. The van der Waals surface area contributed by atoms with Gasteiger partial charge in [-0.2, -0.15) is 0 Å². The van der Waals surface area contributed by atoms with E-state index in [2.05, 4.69) is 44.7 Å². The lowest BCUT2D eigenvalue weighted by Gasteiger charge is -2.54. The van der Waals surface area contributed by atoms with Gasteiger partial charge in [0.15, 0.2) is 0 Å². The molecule has 1 heterocycles. The molecule has 0 saturated carbocycles. The number of nitrogens with zero attached hydrogens (tertiary/aromatic N) is 1. The highest BCUT2D eigenvalue weighted by atomic mass is 16.3. The van der Waals surface area contributed by atoms with Crippen molar-refractivity contribution in [2.24, 2.45) is 5.92 Å². The van der Waals surface area contributed by atoms with Crippen LogP contribution in [-0.2, 0) is 11.8 Å². The van der Waals surface area contributed by atoms with E-state index in [0.29, 0.717) is 17.7 Å². The number of allylic oxidation sites excluding steroid dienone is 1. The number of rotatable bonds is 2. The van der Waals surface area contributed by atoms with Crippen LogP contribution in [0.5, 0.6) is 5.75 Å². The molecule has 0 spiro atoms. The molecule has 2 heteroatoms. The maximum atomic E-state index is 9.87. The molecule has 0 unspecified atom stereocenters. The molecular weight excluding hydrogens is 258 g/mol. The lowest BCUT2D eigenvalue weighted by Crippen LogP contribution is -2.57. The summed E-state index contributed by atoms with van der Waals surface area (Å²) in [6.45, 7) is 11.4. The Balaban J connectivity index is 1.96. The minimum Gasteiger partial charge on any atom is -0.508 e. The molecule has 1 aliphatic heterocycles. The Morgan fingerprint density at radius 3 is 2.90 bits per heavy atom. The summed E-state index contributed by atoms with van der Waals surface area (Å²) in [6.07, 6.45) is 4.64. The van der Waals surface area contributed by atoms with Gasteiger partial charge in [-0.05, 0) is 67.8 Å². The molecule has 2 aliphatic rings. The average Bonchev–Trinajstić information content (AvgIpc) is 2.43. The first kappa shape index (κ1) is 14.6. The fraction of sp³-hybridized carbons (Fsp3) is 0.579. The van der Waals surface area contributed by atoms with Crippen LogP contribution in [0.15, 0.2) is 29.8 Å². The standard InChI is InChI=1S/C19H27NO/c1-13(2)7-9-20-10-8-19(4)14(3)18(20)11-15-5-6-16(21)12-17(15)19/h5-7,12,14,18,21H,8-11H2,1-4H3/t14-,18+,19-/m1/s1. The van der Waals surface area contributed by atoms with Gasteiger partial charge in [-0.25, -0.2) is 0 Å². The van der Waals surface area contributed by atoms with Crippen LogP contribution in [0, 0.1) is 5.92 Å². The molecule has 1 N–H and O–H groups in total. The fourth-order valence-corrected chi connectivity index (χ4v) is 4.22. The van der Waals surface area contributed by atoms with Crippen molar-refractivity contribution in [2.75, 3.05) is 13.1 Å². The zero-order chi connectivity index (χ0) is 15.2. The van der Waals surface area contributed by atoms with E-state index in [0.717, 1.165) is 19.5 Å². The van der Waals surface area contributed by atoms with Gasteiger partial charge in [-0.15, -0.1) is 0 Å². The third-order valence-electron chi connectivity index (χ3n) is 5.84. The molecule has 0 aromatic heterocycles. The van der Waals surface area contributed by atoms with Gasteiger partial charge in [0.05, 0.1) is 0 Å². The van der Waals surface area contributed by atoms with Crippen molar-refractivity contribution in [3.8, 4) is 5.75 Å². The molecule has 1 aliphatic carbocycles. The van der Waals surface area contributed by atoms with Crippen molar-refractivity contribution in [2.45, 2.75) is 52.0 Å². The van der Waals surface area contributed by atoms with Gasteiger partial charge in [-0.3, -0.25) is 4.90 Å². The normalized spacial score (nSPS) is 31.6. The van der Waals surface area contributed by atoms with Crippen molar-refractivity contribution in [3.05, 3.63) is 41.0 Å². The molecule has 3 atom stereocenters. The van der Waals surface area contributed by atoms with E-state index < -0.39 is 0 Å². The largest absolute Gasteiger partial charge is 0.508 e. The minimum atomic E-state index is 0.207. The molecule has 0 amide bonds. The molecule has 114 valence electrons. The van der Waals surface area contributed by atoms with Crippen LogP contribution in [0.3, 0.4) is 0 Å². The van der Waals surface area contributed by atoms with Gasteiger partial charge in [0.2, 0.25) is 0 Å². The number of benzene rings is 1. The predicted molar refractivity (Wildman–Crippen MR) is 87.7 cm³/mol. The maximum absolute atomic E-state index is 9.87. The summed E-state index contributed by atoms with van der Waals surface area (Å²) >= 11 is 0. The first-order valence-electron chi connectivity index (χ1n) is 8.11. The molecule has 0 radical (unpaired) electrons. The van der Waals surface area contributed by atoms with E-state index in [-0.39, 0.29) is 5.41 Å². The molecule has 1 fully saturated rings. The molecular formula is C19H27NO. The number of fused-ring (bicyclic) bond motifs is 4. The highest BCUT2D eigenvalue weighted by Gasteiger charge is 2.48. The number of phenolic OH excluding ortho intramolecular Hbond substituents is 1. The molecule has 1 aromatic carbocycles. The Morgan fingerprint density at radius 1 is 1.43 bits per heavy atom. The summed E-state index contributed by atoms with van der Waals surface area (Å²) in [4.78, 5) is 2.65. The minimum absolute atomic E-state index is 0.207. The SMILES string of the molecule is CC(C)=CCN1CC[C@@]2(C)c3cc(O)ccc3C[C@H]1[C@H]2C.